The number of benzene rings is 2. The summed E-state index contributed by atoms with van der Waals surface area (Å²) < 4.78 is 0. The predicted octanol–water partition coefficient (Wildman–Crippen LogP) is 4.12. The maximum atomic E-state index is 12.3. The molecule has 0 aromatic heterocycles. The summed E-state index contributed by atoms with van der Waals surface area (Å²) in [7, 11) is 0. The van der Waals surface area contributed by atoms with Crippen molar-refractivity contribution in [2.24, 2.45) is 0 Å². The second-order valence-corrected chi connectivity index (χ2v) is 4.87. The van der Waals surface area contributed by atoms with Gasteiger partial charge in [-0.15, -0.1) is 0 Å². The molecule has 0 atom stereocenters. The minimum Gasteiger partial charge on any atom is -0.399 e. The van der Waals surface area contributed by atoms with Gasteiger partial charge in [0.15, 0.2) is 5.78 Å². The van der Waals surface area contributed by atoms with E-state index in [4.69, 9.17) is 28.9 Å². The van der Waals surface area contributed by atoms with Crippen molar-refractivity contribution in [1.29, 1.82) is 0 Å². The van der Waals surface area contributed by atoms with Crippen LogP contribution < -0.4 is 5.73 Å². The van der Waals surface area contributed by atoms with Crippen molar-refractivity contribution in [2.75, 3.05) is 5.73 Å². The predicted molar refractivity (Wildman–Crippen MR) is 75.5 cm³/mol. The lowest BCUT2D eigenvalue weighted by molar-refractivity contribution is 0.103. The zero-order valence-corrected chi connectivity index (χ0v) is 11.2. The molecular weight excluding hydrogens is 269 g/mol. The quantitative estimate of drug-likeness (QED) is 0.664. The number of hydrogen-bond donors (Lipinski definition) is 1. The molecule has 0 unspecified atom stereocenters. The third-order valence-corrected chi connectivity index (χ3v) is 3.27. The molecule has 0 fully saturated rings. The van der Waals surface area contributed by atoms with Gasteiger partial charge in [-0.3, -0.25) is 4.79 Å². The van der Waals surface area contributed by atoms with Gasteiger partial charge >= 0.3 is 0 Å². The fourth-order valence-electron chi connectivity index (χ4n) is 1.64. The summed E-state index contributed by atoms with van der Waals surface area (Å²) in [6.45, 7) is 1.85. The van der Waals surface area contributed by atoms with Crippen LogP contribution in [0.15, 0.2) is 36.4 Å². The minimum absolute atomic E-state index is 0.161. The summed E-state index contributed by atoms with van der Waals surface area (Å²) in [6.07, 6.45) is 0. The van der Waals surface area contributed by atoms with Crippen molar-refractivity contribution in [3.8, 4) is 0 Å². The Kier molecular flexibility index (Phi) is 3.60. The molecule has 0 radical (unpaired) electrons. The van der Waals surface area contributed by atoms with Crippen LogP contribution in [0.2, 0.25) is 10.0 Å². The highest BCUT2D eigenvalue weighted by atomic mass is 35.5. The van der Waals surface area contributed by atoms with Crippen LogP contribution in [0.3, 0.4) is 0 Å². The molecule has 0 heterocycles. The molecule has 2 nitrogen and oxygen atoms in total. The Labute approximate surface area is 115 Å². The van der Waals surface area contributed by atoms with Crippen molar-refractivity contribution < 1.29 is 4.79 Å². The average molecular weight is 280 g/mol. The van der Waals surface area contributed by atoms with Crippen molar-refractivity contribution in [2.45, 2.75) is 6.92 Å². The van der Waals surface area contributed by atoms with E-state index in [1.807, 2.05) is 6.92 Å². The van der Waals surface area contributed by atoms with Gasteiger partial charge in [-0.25, -0.2) is 0 Å². The topological polar surface area (TPSA) is 43.1 Å². The highest BCUT2D eigenvalue weighted by Gasteiger charge is 2.14. The van der Waals surface area contributed by atoms with Crippen molar-refractivity contribution >= 4 is 34.7 Å². The number of carbonyl (C=O) groups is 1. The molecule has 2 aromatic carbocycles. The summed E-state index contributed by atoms with van der Waals surface area (Å²) in [5.74, 6) is -0.161. The van der Waals surface area contributed by atoms with E-state index in [2.05, 4.69) is 0 Å². The van der Waals surface area contributed by atoms with Gasteiger partial charge in [0.1, 0.15) is 0 Å². The van der Waals surface area contributed by atoms with Crippen LogP contribution in [0, 0.1) is 6.92 Å². The molecule has 2 aromatic rings. The zero-order valence-electron chi connectivity index (χ0n) is 9.71. The van der Waals surface area contributed by atoms with E-state index in [0.717, 1.165) is 5.56 Å². The van der Waals surface area contributed by atoms with E-state index >= 15 is 0 Å². The van der Waals surface area contributed by atoms with Crippen molar-refractivity contribution in [1.82, 2.24) is 0 Å². The molecule has 2 N–H and O–H groups in total. The molecule has 92 valence electrons. The summed E-state index contributed by atoms with van der Waals surface area (Å²) in [6, 6.07) is 9.96. The molecule has 2 rings (SSSR count). The molecule has 0 aliphatic carbocycles. The van der Waals surface area contributed by atoms with Gasteiger partial charge in [0.25, 0.3) is 0 Å². The van der Waals surface area contributed by atoms with Crippen LogP contribution in [-0.4, -0.2) is 5.78 Å². The molecule has 0 bridgehead atoms. The van der Waals surface area contributed by atoms with Crippen LogP contribution in [0.25, 0.3) is 0 Å². The molecule has 4 heteroatoms. The summed E-state index contributed by atoms with van der Waals surface area (Å²) in [5.41, 5.74) is 8.18. The van der Waals surface area contributed by atoms with Crippen LogP contribution in [-0.2, 0) is 0 Å². The SMILES string of the molecule is Cc1cc(C(=O)c2cc(Cl)ccc2Cl)ccc1N. The number of anilines is 1. The molecule has 0 saturated heterocycles. The van der Waals surface area contributed by atoms with Gasteiger partial charge in [0.05, 0.1) is 5.02 Å². The lowest BCUT2D eigenvalue weighted by Crippen LogP contribution is -2.03. The van der Waals surface area contributed by atoms with E-state index in [0.29, 0.717) is 26.9 Å². The normalized spacial score (nSPS) is 10.4. The Morgan fingerprint density at radius 2 is 1.83 bits per heavy atom. The first-order chi connectivity index (χ1) is 8.49. The van der Waals surface area contributed by atoms with Gasteiger partial charge in [0.2, 0.25) is 0 Å². The van der Waals surface area contributed by atoms with E-state index in [1.165, 1.54) is 0 Å². The van der Waals surface area contributed by atoms with E-state index < -0.39 is 0 Å². The number of nitrogen functional groups attached to an aromatic ring is 1. The first kappa shape index (κ1) is 12.9. The standard InChI is InChI=1S/C14H11Cl2NO/c1-8-6-9(2-5-13(8)17)14(18)11-7-10(15)3-4-12(11)16/h2-7H,17H2,1H3. The first-order valence-corrected chi connectivity index (χ1v) is 6.10. The second kappa shape index (κ2) is 5.01. The van der Waals surface area contributed by atoms with Gasteiger partial charge in [-0.05, 0) is 48.9 Å². The maximum Gasteiger partial charge on any atom is 0.194 e. The molecule has 0 amide bonds. The summed E-state index contributed by atoms with van der Waals surface area (Å²) >= 11 is 11.9. The third-order valence-electron chi connectivity index (χ3n) is 2.71. The Hall–Kier alpha value is -1.51. The summed E-state index contributed by atoms with van der Waals surface area (Å²) in [5, 5.41) is 0.869. The molecular formula is C14H11Cl2NO. The fraction of sp³-hybridized carbons (Fsp3) is 0.0714. The minimum atomic E-state index is -0.161. The number of aryl methyl sites for hydroxylation is 1. The molecule has 0 spiro atoms. The molecule has 0 aliphatic rings. The molecule has 0 aliphatic heterocycles. The van der Waals surface area contributed by atoms with Crippen LogP contribution >= 0.6 is 23.2 Å². The highest BCUT2D eigenvalue weighted by Crippen LogP contribution is 2.24. The monoisotopic (exact) mass is 279 g/mol. The van der Waals surface area contributed by atoms with Gasteiger partial charge in [-0.1, -0.05) is 23.2 Å². The number of halogens is 2. The Balaban J connectivity index is 2.47. The zero-order chi connectivity index (χ0) is 13.3. The number of nitrogens with two attached hydrogens (primary N) is 1. The lowest BCUT2D eigenvalue weighted by Gasteiger charge is -2.06. The maximum absolute atomic E-state index is 12.3. The third kappa shape index (κ3) is 2.50. The smallest absolute Gasteiger partial charge is 0.194 e. The Bertz CT molecular complexity index is 623. The molecule has 0 saturated carbocycles. The number of ketones is 1. The number of hydrogen-bond acceptors (Lipinski definition) is 2. The Morgan fingerprint density at radius 1 is 1.11 bits per heavy atom. The van der Waals surface area contributed by atoms with Crippen molar-refractivity contribution in [3.05, 3.63) is 63.1 Å². The van der Waals surface area contributed by atoms with Crippen LogP contribution in [0.1, 0.15) is 21.5 Å². The fourth-order valence-corrected chi connectivity index (χ4v) is 2.02. The first-order valence-electron chi connectivity index (χ1n) is 5.35. The number of rotatable bonds is 2. The second-order valence-electron chi connectivity index (χ2n) is 4.02. The summed E-state index contributed by atoms with van der Waals surface area (Å²) in [4.78, 5) is 12.3. The van der Waals surface area contributed by atoms with E-state index in [9.17, 15) is 4.79 Å². The van der Waals surface area contributed by atoms with E-state index in [-0.39, 0.29) is 5.78 Å². The Morgan fingerprint density at radius 3 is 2.50 bits per heavy atom. The van der Waals surface area contributed by atoms with Gasteiger partial charge in [0, 0.05) is 21.8 Å². The number of carbonyl (C=O) groups excluding carboxylic acids is 1. The van der Waals surface area contributed by atoms with E-state index in [1.54, 1.807) is 36.4 Å². The van der Waals surface area contributed by atoms with Gasteiger partial charge in [-0.2, -0.15) is 0 Å². The van der Waals surface area contributed by atoms with Crippen LogP contribution in [0.4, 0.5) is 5.69 Å². The van der Waals surface area contributed by atoms with Crippen molar-refractivity contribution in [3.63, 3.8) is 0 Å². The largest absolute Gasteiger partial charge is 0.399 e. The lowest BCUT2D eigenvalue weighted by atomic mass is 10.0. The van der Waals surface area contributed by atoms with Crippen LogP contribution in [0.5, 0.6) is 0 Å². The molecule has 18 heavy (non-hydrogen) atoms. The average Bonchev–Trinajstić information content (AvgIpc) is 2.35. The highest BCUT2D eigenvalue weighted by molar-refractivity contribution is 6.36. The van der Waals surface area contributed by atoms with Gasteiger partial charge < -0.3 is 5.73 Å².